The van der Waals surface area contributed by atoms with Crippen LogP contribution in [0.1, 0.15) is 10.5 Å². The van der Waals surface area contributed by atoms with Crippen molar-refractivity contribution in [3.05, 3.63) is 53.0 Å². The molecular formula is C13H8BrN3O2. The molecule has 94 valence electrons. The summed E-state index contributed by atoms with van der Waals surface area (Å²) in [7, 11) is 0. The predicted octanol–water partition coefficient (Wildman–Crippen LogP) is 2.86. The number of halogens is 1. The monoisotopic (exact) mass is 317 g/mol. The zero-order chi connectivity index (χ0) is 13.4. The van der Waals surface area contributed by atoms with Crippen LogP contribution in [0.3, 0.4) is 0 Å². The van der Waals surface area contributed by atoms with Crippen LogP contribution in [-0.2, 0) is 0 Å². The molecule has 0 saturated carbocycles. The van der Waals surface area contributed by atoms with Crippen LogP contribution < -0.4 is 0 Å². The van der Waals surface area contributed by atoms with Gasteiger partial charge in [0, 0.05) is 28.6 Å². The van der Waals surface area contributed by atoms with E-state index in [2.05, 4.69) is 25.9 Å². The molecule has 0 aliphatic heterocycles. The fourth-order valence-corrected chi connectivity index (χ4v) is 2.48. The molecule has 19 heavy (non-hydrogen) atoms. The Bertz CT molecular complexity index is 768. The van der Waals surface area contributed by atoms with E-state index in [9.17, 15) is 9.90 Å². The zero-order valence-corrected chi connectivity index (χ0v) is 11.2. The van der Waals surface area contributed by atoms with Gasteiger partial charge in [-0.25, -0.2) is 9.78 Å². The van der Waals surface area contributed by atoms with Crippen LogP contribution in [0.25, 0.3) is 16.9 Å². The minimum Gasteiger partial charge on any atom is -0.476 e. The number of hydrogen-bond donors (Lipinski definition) is 1. The third-order valence-corrected chi connectivity index (χ3v) is 3.40. The van der Waals surface area contributed by atoms with Crippen LogP contribution in [0.4, 0.5) is 0 Å². The molecule has 3 aromatic rings. The second-order valence-electron chi connectivity index (χ2n) is 3.90. The lowest BCUT2D eigenvalue weighted by molar-refractivity contribution is 0.0693. The number of nitrogens with zero attached hydrogens (tertiary/aromatic N) is 3. The maximum atomic E-state index is 11.3. The Morgan fingerprint density at radius 1 is 1.26 bits per heavy atom. The van der Waals surface area contributed by atoms with Crippen molar-refractivity contribution >= 4 is 27.4 Å². The molecule has 0 aromatic carbocycles. The molecule has 3 aromatic heterocycles. The first-order valence-corrected chi connectivity index (χ1v) is 6.28. The molecule has 0 spiro atoms. The Kier molecular flexibility index (Phi) is 2.79. The summed E-state index contributed by atoms with van der Waals surface area (Å²) >= 11 is 3.37. The summed E-state index contributed by atoms with van der Waals surface area (Å²) in [6.45, 7) is 0. The number of carbonyl (C=O) groups is 1. The maximum absolute atomic E-state index is 11.3. The average Bonchev–Trinajstić information content (AvgIpc) is 2.81. The molecule has 0 radical (unpaired) electrons. The quantitative estimate of drug-likeness (QED) is 0.789. The summed E-state index contributed by atoms with van der Waals surface area (Å²) in [4.78, 5) is 19.5. The molecule has 0 saturated heterocycles. The minimum atomic E-state index is -1.05. The van der Waals surface area contributed by atoms with Gasteiger partial charge in [0.2, 0.25) is 0 Å². The fraction of sp³-hybridized carbons (Fsp3) is 0. The van der Waals surface area contributed by atoms with Gasteiger partial charge in [-0.15, -0.1) is 0 Å². The standard InChI is InChI=1S/C13H8BrN3O2/c14-9-2-1-7-17-11(9)10(13(18)19)16-12(17)8-3-5-15-6-4-8/h1-7H,(H,18,19). The van der Waals surface area contributed by atoms with Crippen molar-refractivity contribution in [1.29, 1.82) is 0 Å². The largest absolute Gasteiger partial charge is 0.476 e. The van der Waals surface area contributed by atoms with Crippen molar-refractivity contribution in [3.63, 3.8) is 0 Å². The van der Waals surface area contributed by atoms with Crippen molar-refractivity contribution in [2.24, 2.45) is 0 Å². The number of carboxylic acid groups (broad SMARTS) is 1. The highest BCUT2D eigenvalue weighted by Gasteiger charge is 2.19. The summed E-state index contributed by atoms with van der Waals surface area (Å²) in [5.74, 6) is -0.471. The summed E-state index contributed by atoms with van der Waals surface area (Å²) in [5.41, 5.74) is 1.39. The Morgan fingerprint density at radius 3 is 2.68 bits per heavy atom. The van der Waals surface area contributed by atoms with Crippen molar-refractivity contribution in [2.75, 3.05) is 0 Å². The molecule has 0 fully saturated rings. The fourth-order valence-electron chi connectivity index (χ4n) is 1.95. The number of aromatic nitrogens is 3. The highest BCUT2D eigenvalue weighted by Crippen LogP contribution is 2.27. The minimum absolute atomic E-state index is 0.0271. The van der Waals surface area contributed by atoms with Crippen LogP contribution in [-0.4, -0.2) is 25.4 Å². The number of pyridine rings is 2. The van der Waals surface area contributed by atoms with E-state index in [0.29, 0.717) is 15.8 Å². The number of fused-ring (bicyclic) bond motifs is 1. The van der Waals surface area contributed by atoms with Gasteiger partial charge in [0.1, 0.15) is 5.82 Å². The molecule has 0 amide bonds. The van der Waals surface area contributed by atoms with Crippen molar-refractivity contribution < 1.29 is 9.90 Å². The second-order valence-corrected chi connectivity index (χ2v) is 4.75. The number of imidazole rings is 1. The van der Waals surface area contributed by atoms with E-state index in [1.165, 1.54) is 0 Å². The molecule has 0 atom stereocenters. The Labute approximate surface area is 116 Å². The van der Waals surface area contributed by atoms with E-state index < -0.39 is 5.97 Å². The molecule has 0 bridgehead atoms. The molecule has 1 N–H and O–H groups in total. The molecule has 0 aliphatic carbocycles. The van der Waals surface area contributed by atoms with Crippen LogP contribution in [0, 0.1) is 0 Å². The van der Waals surface area contributed by atoms with Gasteiger partial charge in [-0.1, -0.05) is 0 Å². The number of aromatic carboxylic acids is 1. The maximum Gasteiger partial charge on any atom is 0.356 e. The van der Waals surface area contributed by atoms with Gasteiger partial charge in [0.05, 0.1) is 5.52 Å². The normalized spacial score (nSPS) is 10.8. The van der Waals surface area contributed by atoms with Crippen LogP contribution in [0.5, 0.6) is 0 Å². The lowest BCUT2D eigenvalue weighted by Gasteiger charge is -2.01. The van der Waals surface area contributed by atoms with Crippen LogP contribution >= 0.6 is 15.9 Å². The van der Waals surface area contributed by atoms with E-state index in [1.807, 2.05) is 6.07 Å². The Balaban J connectivity index is 2.39. The smallest absolute Gasteiger partial charge is 0.356 e. The summed E-state index contributed by atoms with van der Waals surface area (Å²) in [6.07, 6.45) is 5.08. The predicted molar refractivity (Wildman–Crippen MR) is 73.1 cm³/mol. The van der Waals surface area contributed by atoms with E-state index in [0.717, 1.165) is 5.56 Å². The van der Waals surface area contributed by atoms with Gasteiger partial charge in [0.15, 0.2) is 5.69 Å². The highest BCUT2D eigenvalue weighted by molar-refractivity contribution is 9.10. The molecule has 5 nitrogen and oxygen atoms in total. The third kappa shape index (κ3) is 1.90. The topological polar surface area (TPSA) is 67.5 Å². The third-order valence-electron chi connectivity index (χ3n) is 2.76. The molecule has 6 heteroatoms. The number of rotatable bonds is 2. The average molecular weight is 318 g/mol. The van der Waals surface area contributed by atoms with Gasteiger partial charge >= 0.3 is 5.97 Å². The summed E-state index contributed by atoms with van der Waals surface area (Å²) < 4.78 is 2.45. The van der Waals surface area contributed by atoms with Crippen molar-refractivity contribution in [1.82, 2.24) is 14.4 Å². The van der Waals surface area contributed by atoms with Crippen LogP contribution in [0.2, 0.25) is 0 Å². The van der Waals surface area contributed by atoms with Gasteiger partial charge in [-0.3, -0.25) is 9.38 Å². The molecule has 3 rings (SSSR count). The van der Waals surface area contributed by atoms with Gasteiger partial charge in [-0.05, 0) is 40.2 Å². The molecular weight excluding hydrogens is 310 g/mol. The van der Waals surface area contributed by atoms with Crippen molar-refractivity contribution in [2.45, 2.75) is 0 Å². The van der Waals surface area contributed by atoms with Gasteiger partial charge < -0.3 is 5.11 Å². The van der Waals surface area contributed by atoms with Gasteiger partial charge in [0.25, 0.3) is 0 Å². The number of carboxylic acids is 1. The molecule has 3 heterocycles. The molecule has 0 unspecified atom stereocenters. The first-order chi connectivity index (χ1) is 9.18. The highest BCUT2D eigenvalue weighted by atomic mass is 79.9. The number of hydrogen-bond acceptors (Lipinski definition) is 3. The zero-order valence-electron chi connectivity index (χ0n) is 9.62. The first kappa shape index (κ1) is 11.9. The SMILES string of the molecule is O=C(O)c1nc(-c2ccncc2)n2cccc(Br)c12. The molecule has 0 aliphatic rings. The van der Waals surface area contributed by atoms with E-state index >= 15 is 0 Å². The van der Waals surface area contributed by atoms with Crippen molar-refractivity contribution in [3.8, 4) is 11.4 Å². The lowest BCUT2D eigenvalue weighted by atomic mass is 10.2. The van der Waals surface area contributed by atoms with Crippen LogP contribution in [0.15, 0.2) is 47.3 Å². The van der Waals surface area contributed by atoms with Gasteiger partial charge in [-0.2, -0.15) is 0 Å². The Morgan fingerprint density at radius 2 is 2.00 bits per heavy atom. The van der Waals surface area contributed by atoms with E-state index in [1.54, 1.807) is 41.2 Å². The first-order valence-electron chi connectivity index (χ1n) is 5.49. The summed E-state index contributed by atoms with van der Waals surface area (Å²) in [6, 6.07) is 7.21. The second kappa shape index (κ2) is 4.47. The lowest BCUT2D eigenvalue weighted by Crippen LogP contribution is -1.97. The summed E-state index contributed by atoms with van der Waals surface area (Å²) in [5, 5.41) is 9.26. The van der Waals surface area contributed by atoms with E-state index in [-0.39, 0.29) is 5.69 Å². The Hall–Kier alpha value is -2.21. The van der Waals surface area contributed by atoms with E-state index in [4.69, 9.17) is 0 Å².